The van der Waals surface area contributed by atoms with Crippen molar-refractivity contribution in [2.45, 2.75) is 57.6 Å². The lowest BCUT2D eigenvalue weighted by Crippen LogP contribution is -2.44. The number of imide groups is 1. The van der Waals surface area contributed by atoms with E-state index in [1.54, 1.807) is 13.0 Å². The van der Waals surface area contributed by atoms with Crippen LogP contribution in [0.25, 0.3) is 0 Å². The topological polar surface area (TPSA) is 69.6 Å². The number of urea groups is 1. The molecule has 2 unspecified atom stereocenters. The van der Waals surface area contributed by atoms with E-state index in [9.17, 15) is 19.1 Å². The molecule has 0 radical (unpaired) electrons. The number of nitrogens with one attached hydrogen (secondary N) is 1. The van der Waals surface area contributed by atoms with Crippen LogP contribution >= 0.6 is 0 Å². The van der Waals surface area contributed by atoms with Crippen molar-refractivity contribution < 1.29 is 19.1 Å². The second-order valence-corrected chi connectivity index (χ2v) is 6.53. The van der Waals surface area contributed by atoms with Crippen molar-refractivity contribution in [3.05, 3.63) is 35.6 Å². The molecule has 1 aromatic rings. The highest BCUT2D eigenvalue weighted by Crippen LogP contribution is 2.26. The van der Waals surface area contributed by atoms with Gasteiger partial charge >= 0.3 is 6.03 Å². The third-order valence-electron chi connectivity index (χ3n) is 4.50. The van der Waals surface area contributed by atoms with Gasteiger partial charge in [0.15, 0.2) is 0 Å². The molecule has 6 heteroatoms. The summed E-state index contributed by atoms with van der Waals surface area (Å²) in [5.74, 6) is -0.918. The smallest absolute Gasteiger partial charge is 0.325 e. The van der Waals surface area contributed by atoms with Crippen LogP contribution in [0.15, 0.2) is 24.3 Å². The molecule has 0 saturated carbocycles. The van der Waals surface area contributed by atoms with E-state index in [1.165, 1.54) is 18.2 Å². The molecule has 5 nitrogen and oxygen atoms in total. The number of hydrogen-bond donors (Lipinski definition) is 2. The van der Waals surface area contributed by atoms with Crippen LogP contribution in [-0.4, -0.2) is 34.0 Å². The van der Waals surface area contributed by atoms with Crippen molar-refractivity contribution in [3.8, 4) is 0 Å². The van der Waals surface area contributed by atoms with Gasteiger partial charge in [0, 0.05) is 5.56 Å². The molecule has 2 atom stereocenters. The van der Waals surface area contributed by atoms with E-state index in [4.69, 9.17) is 0 Å². The summed E-state index contributed by atoms with van der Waals surface area (Å²) in [5, 5.41) is 12.9. The van der Waals surface area contributed by atoms with Crippen LogP contribution < -0.4 is 5.32 Å². The van der Waals surface area contributed by atoms with E-state index in [0.29, 0.717) is 6.42 Å². The Labute approximate surface area is 141 Å². The third-order valence-corrected chi connectivity index (χ3v) is 4.50. The van der Waals surface area contributed by atoms with Gasteiger partial charge < -0.3 is 10.4 Å². The zero-order chi connectivity index (χ0) is 17.7. The van der Waals surface area contributed by atoms with E-state index in [0.717, 1.165) is 30.6 Å². The van der Waals surface area contributed by atoms with Gasteiger partial charge in [0.05, 0.1) is 12.6 Å². The number of amides is 3. The van der Waals surface area contributed by atoms with Crippen molar-refractivity contribution in [2.24, 2.45) is 0 Å². The molecular weight excluding hydrogens is 311 g/mol. The highest BCUT2D eigenvalue weighted by molar-refractivity contribution is 6.06. The van der Waals surface area contributed by atoms with E-state index >= 15 is 0 Å². The van der Waals surface area contributed by atoms with Crippen LogP contribution in [0.5, 0.6) is 0 Å². The second-order valence-electron chi connectivity index (χ2n) is 6.53. The van der Waals surface area contributed by atoms with Gasteiger partial charge in [-0.25, -0.2) is 9.18 Å². The Bertz CT molecular complexity index is 608. The molecule has 1 saturated heterocycles. The summed E-state index contributed by atoms with van der Waals surface area (Å²) in [4.78, 5) is 25.7. The minimum absolute atomic E-state index is 0.0784. The maximum Gasteiger partial charge on any atom is 0.325 e. The highest BCUT2D eigenvalue weighted by atomic mass is 19.1. The molecule has 3 amide bonds. The largest absolute Gasteiger partial charge is 0.386 e. The van der Waals surface area contributed by atoms with Gasteiger partial charge in [0.1, 0.15) is 11.4 Å². The Balaban J connectivity index is 2.02. The molecule has 0 spiro atoms. The molecular formula is C18H25FN2O3. The van der Waals surface area contributed by atoms with Gasteiger partial charge in [-0.1, -0.05) is 50.8 Å². The maximum atomic E-state index is 13.7. The molecule has 1 aliphatic heterocycles. The Hall–Kier alpha value is -1.95. The number of benzene rings is 1. The zero-order valence-corrected chi connectivity index (χ0v) is 14.2. The van der Waals surface area contributed by atoms with Crippen LogP contribution in [-0.2, 0) is 4.79 Å². The van der Waals surface area contributed by atoms with Crippen molar-refractivity contribution in [1.29, 1.82) is 0 Å². The summed E-state index contributed by atoms with van der Waals surface area (Å²) in [6.45, 7) is 3.56. The molecule has 0 aromatic heterocycles. The molecule has 24 heavy (non-hydrogen) atoms. The zero-order valence-electron chi connectivity index (χ0n) is 14.2. The third kappa shape index (κ3) is 3.93. The van der Waals surface area contributed by atoms with Gasteiger partial charge in [-0.15, -0.1) is 0 Å². The first-order valence-electron chi connectivity index (χ1n) is 8.45. The van der Waals surface area contributed by atoms with Crippen molar-refractivity contribution in [1.82, 2.24) is 10.2 Å². The molecule has 1 aromatic carbocycles. The molecule has 0 bridgehead atoms. The van der Waals surface area contributed by atoms with Gasteiger partial charge in [-0.05, 0) is 19.4 Å². The van der Waals surface area contributed by atoms with Crippen molar-refractivity contribution >= 4 is 11.9 Å². The number of carbonyl (C=O) groups is 2. The van der Waals surface area contributed by atoms with E-state index in [-0.39, 0.29) is 18.0 Å². The fourth-order valence-corrected chi connectivity index (χ4v) is 3.00. The minimum Gasteiger partial charge on any atom is -0.386 e. The summed E-state index contributed by atoms with van der Waals surface area (Å²) in [7, 11) is 0. The number of nitrogens with zero attached hydrogens (tertiary/aromatic N) is 1. The molecule has 2 rings (SSSR count). The number of aliphatic hydroxyl groups is 1. The lowest BCUT2D eigenvalue weighted by atomic mass is 9.94. The summed E-state index contributed by atoms with van der Waals surface area (Å²) >= 11 is 0. The molecule has 1 heterocycles. The number of halogens is 1. The predicted octanol–water partition coefficient (Wildman–Crippen LogP) is 3.14. The lowest BCUT2D eigenvalue weighted by molar-refractivity contribution is -0.132. The van der Waals surface area contributed by atoms with Crippen LogP contribution in [0.4, 0.5) is 9.18 Å². The first-order valence-corrected chi connectivity index (χ1v) is 8.45. The van der Waals surface area contributed by atoms with Gasteiger partial charge in [-0.2, -0.15) is 0 Å². The summed E-state index contributed by atoms with van der Waals surface area (Å²) < 4.78 is 13.7. The second kappa shape index (κ2) is 7.75. The van der Waals surface area contributed by atoms with E-state index in [1.807, 2.05) is 0 Å². The Morgan fingerprint density at radius 3 is 2.62 bits per heavy atom. The average Bonchev–Trinajstić information content (AvgIpc) is 2.75. The fraction of sp³-hybridized carbons (Fsp3) is 0.556. The normalized spacial score (nSPS) is 21.9. The predicted molar refractivity (Wildman–Crippen MR) is 88.8 cm³/mol. The summed E-state index contributed by atoms with van der Waals surface area (Å²) in [6, 6.07) is 5.27. The summed E-state index contributed by atoms with van der Waals surface area (Å²) in [5.41, 5.74) is -0.866. The molecule has 0 aliphatic carbocycles. The maximum absolute atomic E-state index is 13.7. The number of rotatable bonds is 8. The van der Waals surface area contributed by atoms with Crippen molar-refractivity contribution in [2.75, 3.05) is 6.54 Å². The number of aliphatic hydroxyl groups excluding tert-OH is 1. The minimum atomic E-state index is -1.25. The average molecular weight is 336 g/mol. The number of β-amino-alcohol motifs (C(OH)–C–C–N with tert-alkyl or cyclic N) is 1. The molecule has 2 N–H and O–H groups in total. The SMILES string of the molecule is CCCCCCC1(C)NC(=O)N(CC(O)c2ccccc2F)C1=O. The number of carbonyl (C=O) groups excluding carboxylic acids is 2. The monoisotopic (exact) mass is 336 g/mol. The van der Waals surface area contributed by atoms with Crippen LogP contribution in [0.1, 0.15) is 57.6 Å². The quantitative estimate of drug-likeness (QED) is 0.566. The van der Waals surface area contributed by atoms with Crippen molar-refractivity contribution in [3.63, 3.8) is 0 Å². The molecule has 132 valence electrons. The Morgan fingerprint density at radius 2 is 1.96 bits per heavy atom. The first kappa shape index (κ1) is 18.4. The van der Waals surface area contributed by atoms with Crippen LogP contribution in [0, 0.1) is 5.82 Å². The van der Waals surface area contributed by atoms with E-state index < -0.39 is 23.5 Å². The van der Waals surface area contributed by atoms with Crippen LogP contribution in [0.3, 0.4) is 0 Å². The number of hydrogen-bond acceptors (Lipinski definition) is 3. The fourth-order valence-electron chi connectivity index (χ4n) is 3.00. The molecule has 1 fully saturated rings. The van der Waals surface area contributed by atoms with Crippen LogP contribution in [0.2, 0.25) is 0 Å². The van der Waals surface area contributed by atoms with Gasteiger partial charge in [0.25, 0.3) is 5.91 Å². The Morgan fingerprint density at radius 1 is 1.25 bits per heavy atom. The van der Waals surface area contributed by atoms with E-state index in [2.05, 4.69) is 12.2 Å². The highest BCUT2D eigenvalue weighted by Gasteiger charge is 2.47. The van der Waals surface area contributed by atoms with Gasteiger partial charge in [0.2, 0.25) is 0 Å². The summed E-state index contributed by atoms with van der Waals surface area (Å²) in [6.07, 6.45) is 3.35. The first-order chi connectivity index (χ1) is 11.4. The van der Waals surface area contributed by atoms with Gasteiger partial charge in [-0.3, -0.25) is 9.69 Å². The standard InChI is InChI=1S/C18H25FN2O3/c1-3-4-5-8-11-18(2)16(23)21(17(24)20-18)12-15(22)13-9-6-7-10-14(13)19/h6-7,9-10,15,22H,3-5,8,11-12H2,1-2H3,(H,20,24). The number of unbranched alkanes of at least 4 members (excludes halogenated alkanes) is 3. The lowest BCUT2D eigenvalue weighted by Gasteiger charge is -2.22. The Kier molecular flexibility index (Phi) is 5.94. The molecule has 1 aliphatic rings.